The summed E-state index contributed by atoms with van der Waals surface area (Å²) >= 11 is 3.47. The summed E-state index contributed by atoms with van der Waals surface area (Å²) in [5.41, 5.74) is 7.58. The highest BCUT2D eigenvalue weighted by atomic mass is 79.9. The van der Waals surface area contributed by atoms with Crippen LogP contribution in [0.4, 0.5) is 4.79 Å². The van der Waals surface area contributed by atoms with Gasteiger partial charge < -0.3 is 15.8 Å². The lowest BCUT2D eigenvalue weighted by Gasteiger charge is -2.22. The van der Waals surface area contributed by atoms with Crippen molar-refractivity contribution in [2.45, 2.75) is 39.2 Å². The predicted octanol–water partition coefficient (Wildman–Crippen LogP) is 3.32. The highest BCUT2D eigenvalue weighted by Crippen LogP contribution is 2.22. The molecule has 0 spiro atoms. The summed E-state index contributed by atoms with van der Waals surface area (Å²) in [5.74, 6) is 0.0781. The lowest BCUT2D eigenvalue weighted by atomic mass is 9.97. The molecule has 1 rings (SSSR count). The molecular weight excluding hydrogens is 320 g/mol. The Labute approximate surface area is 129 Å². The van der Waals surface area contributed by atoms with Gasteiger partial charge in [0.2, 0.25) is 0 Å². The Balaban J connectivity index is 2.63. The fourth-order valence-corrected chi connectivity index (χ4v) is 2.03. The van der Waals surface area contributed by atoms with Crippen molar-refractivity contribution in [1.82, 2.24) is 5.32 Å². The van der Waals surface area contributed by atoms with Crippen LogP contribution in [0.25, 0.3) is 0 Å². The third-order valence-electron chi connectivity index (χ3n) is 2.83. The van der Waals surface area contributed by atoms with Gasteiger partial charge in [-0.3, -0.25) is 0 Å². The summed E-state index contributed by atoms with van der Waals surface area (Å²) in [4.78, 5) is 11.6. The maximum atomic E-state index is 11.6. The second kappa shape index (κ2) is 7.09. The second-order valence-corrected chi connectivity index (χ2v) is 6.68. The molecule has 0 bridgehead atoms. The lowest BCUT2D eigenvalue weighted by molar-refractivity contribution is 0.0525. The molecule has 3 N–H and O–H groups in total. The Morgan fingerprint density at radius 3 is 2.60 bits per heavy atom. The zero-order valence-electron chi connectivity index (χ0n) is 12.5. The van der Waals surface area contributed by atoms with E-state index in [1.807, 2.05) is 39.8 Å². The number of nitrogens with two attached hydrogens (primary N) is 1. The van der Waals surface area contributed by atoms with Crippen molar-refractivity contribution in [1.29, 1.82) is 0 Å². The first kappa shape index (κ1) is 17.0. The summed E-state index contributed by atoms with van der Waals surface area (Å²) in [6.45, 7) is 8.48. The SMILES string of the molecule is Cc1cc(C(CN)CNC(=O)OC(C)(C)C)ccc1Br. The van der Waals surface area contributed by atoms with Gasteiger partial charge in [-0.05, 0) is 44.9 Å². The van der Waals surface area contributed by atoms with Gasteiger partial charge in [-0.15, -0.1) is 0 Å². The van der Waals surface area contributed by atoms with E-state index in [9.17, 15) is 4.79 Å². The van der Waals surface area contributed by atoms with Gasteiger partial charge in [0.05, 0.1) is 0 Å². The molecular formula is C15H23BrN2O2. The molecule has 20 heavy (non-hydrogen) atoms. The van der Waals surface area contributed by atoms with E-state index in [0.717, 1.165) is 15.6 Å². The van der Waals surface area contributed by atoms with E-state index in [0.29, 0.717) is 13.1 Å². The van der Waals surface area contributed by atoms with E-state index < -0.39 is 11.7 Å². The van der Waals surface area contributed by atoms with Crippen LogP contribution in [0.5, 0.6) is 0 Å². The van der Waals surface area contributed by atoms with E-state index in [4.69, 9.17) is 10.5 Å². The van der Waals surface area contributed by atoms with Crippen LogP contribution in [0.15, 0.2) is 22.7 Å². The first-order valence-electron chi connectivity index (χ1n) is 6.66. The Kier molecular flexibility index (Phi) is 6.02. The smallest absolute Gasteiger partial charge is 0.407 e. The minimum absolute atomic E-state index is 0.0781. The number of amides is 1. The van der Waals surface area contributed by atoms with Gasteiger partial charge in [0.1, 0.15) is 5.60 Å². The van der Waals surface area contributed by atoms with Gasteiger partial charge in [0, 0.05) is 23.5 Å². The number of benzene rings is 1. The van der Waals surface area contributed by atoms with E-state index >= 15 is 0 Å². The van der Waals surface area contributed by atoms with E-state index in [2.05, 4.69) is 27.3 Å². The Bertz CT molecular complexity index is 469. The third-order valence-corrected chi connectivity index (χ3v) is 3.72. The van der Waals surface area contributed by atoms with Crippen LogP contribution in [-0.4, -0.2) is 24.8 Å². The van der Waals surface area contributed by atoms with Gasteiger partial charge in [-0.25, -0.2) is 4.79 Å². The van der Waals surface area contributed by atoms with E-state index in [-0.39, 0.29) is 5.92 Å². The molecule has 0 aliphatic rings. The van der Waals surface area contributed by atoms with Crippen LogP contribution in [0.1, 0.15) is 37.8 Å². The van der Waals surface area contributed by atoms with Gasteiger partial charge in [0.15, 0.2) is 0 Å². The highest BCUT2D eigenvalue weighted by Gasteiger charge is 2.18. The predicted molar refractivity (Wildman–Crippen MR) is 84.9 cm³/mol. The number of nitrogens with one attached hydrogen (secondary N) is 1. The zero-order chi connectivity index (χ0) is 15.3. The average Bonchev–Trinajstić information content (AvgIpc) is 2.32. The minimum Gasteiger partial charge on any atom is -0.444 e. The molecule has 1 amide bonds. The van der Waals surface area contributed by atoms with Crippen molar-refractivity contribution < 1.29 is 9.53 Å². The molecule has 0 aromatic heterocycles. The van der Waals surface area contributed by atoms with Crippen LogP contribution >= 0.6 is 15.9 Å². The zero-order valence-corrected chi connectivity index (χ0v) is 14.1. The largest absolute Gasteiger partial charge is 0.444 e. The average molecular weight is 343 g/mol. The van der Waals surface area contributed by atoms with Crippen molar-refractivity contribution in [2.24, 2.45) is 5.73 Å². The molecule has 1 aromatic carbocycles. The van der Waals surface area contributed by atoms with E-state index in [1.54, 1.807) is 0 Å². The van der Waals surface area contributed by atoms with Crippen LogP contribution in [0.2, 0.25) is 0 Å². The molecule has 1 aromatic rings. The molecule has 0 radical (unpaired) electrons. The number of carbonyl (C=O) groups excluding carboxylic acids is 1. The summed E-state index contributed by atoms with van der Waals surface area (Å²) in [6, 6.07) is 6.10. The molecule has 5 heteroatoms. The lowest BCUT2D eigenvalue weighted by Crippen LogP contribution is -2.36. The molecule has 0 saturated heterocycles. The van der Waals surface area contributed by atoms with E-state index in [1.165, 1.54) is 0 Å². The number of aryl methyl sites for hydroxylation is 1. The normalized spacial score (nSPS) is 12.9. The quantitative estimate of drug-likeness (QED) is 0.881. The summed E-state index contributed by atoms with van der Waals surface area (Å²) in [5, 5.41) is 2.77. The summed E-state index contributed by atoms with van der Waals surface area (Å²) < 4.78 is 6.28. The number of ether oxygens (including phenoxy) is 1. The monoisotopic (exact) mass is 342 g/mol. The molecule has 4 nitrogen and oxygen atoms in total. The molecule has 0 aliphatic heterocycles. The number of rotatable bonds is 4. The van der Waals surface area contributed by atoms with Crippen LogP contribution in [0.3, 0.4) is 0 Å². The first-order valence-corrected chi connectivity index (χ1v) is 7.45. The summed E-state index contributed by atoms with van der Waals surface area (Å²) in [6.07, 6.45) is -0.412. The van der Waals surface area contributed by atoms with Gasteiger partial charge >= 0.3 is 6.09 Å². The maximum Gasteiger partial charge on any atom is 0.407 e. The molecule has 0 aliphatic carbocycles. The molecule has 0 fully saturated rings. The number of hydrogen-bond acceptors (Lipinski definition) is 3. The molecule has 0 saturated carbocycles. The maximum absolute atomic E-state index is 11.6. The standard InChI is InChI=1S/C15H23BrN2O2/c1-10-7-11(5-6-13(10)16)12(8-17)9-18-14(19)20-15(2,3)4/h5-7,12H,8-9,17H2,1-4H3,(H,18,19). The van der Waals surface area contributed by atoms with Crippen molar-refractivity contribution in [3.8, 4) is 0 Å². The number of hydrogen-bond donors (Lipinski definition) is 2. The van der Waals surface area contributed by atoms with Crippen LogP contribution in [0, 0.1) is 6.92 Å². The minimum atomic E-state index is -0.490. The Morgan fingerprint density at radius 2 is 2.10 bits per heavy atom. The van der Waals surface area contributed by atoms with Crippen LogP contribution in [-0.2, 0) is 4.74 Å². The summed E-state index contributed by atoms with van der Waals surface area (Å²) in [7, 11) is 0. The van der Waals surface area contributed by atoms with Crippen molar-refractivity contribution in [3.05, 3.63) is 33.8 Å². The topological polar surface area (TPSA) is 64.3 Å². The van der Waals surface area contributed by atoms with Crippen molar-refractivity contribution in [2.75, 3.05) is 13.1 Å². The second-order valence-electron chi connectivity index (χ2n) is 5.82. The van der Waals surface area contributed by atoms with Gasteiger partial charge in [-0.2, -0.15) is 0 Å². The van der Waals surface area contributed by atoms with Crippen molar-refractivity contribution in [3.63, 3.8) is 0 Å². The molecule has 1 unspecified atom stereocenters. The van der Waals surface area contributed by atoms with Crippen LogP contribution < -0.4 is 11.1 Å². The fraction of sp³-hybridized carbons (Fsp3) is 0.533. The Morgan fingerprint density at radius 1 is 1.45 bits per heavy atom. The van der Waals surface area contributed by atoms with Gasteiger partial charge in [0.25, 0.3) is 0 Å². The number of alkyl carbamates (subject to hydrolysis) is 1. The first-order chi connectivity index (χ1) is 9.23. The highest BCUT2D eigenvalue weighted by molar-refractivity contribution is 9.10. The van der Waals surface area contributed by atoms with Crippen molar-refractivity contribution >= 4 is 22.0 Å². The molecule has 0 heterocycles. The fourth-order valence-electron chi connectivity index (χ4n) is 1.78. The number of carbonyl (C=O) groups is 1. The third kappa shape index (κ3) is 5.51. The molecule has 1 atom stereocenters. The Hall–Kier alpha value is -1.07. The van der Waals surface area contributed by atoms with Gasteiger partial charge in [-0.1, -0.05) is 28.1 Å². The molecule has 112 valence electrons. The number of halogens is 1.